The van der Waals surface area contributed by atoms with Crippen molar-refractivity contribution in [3.05, 3.63) is 0 Å². The number of hydrogen-bond acceptors (Lipinski definition) is 2. The average Bonchev–Trinajstić information content (AvgIpc) is 1.87. The zero-order chi connectivity index (χ0) is 8.15. The summed E-state index contributed by atoms with van der Waals surface area (Å²) in [6.07, 6.45) is 0. The molecule has 0 aromatic carbocycles. The van der Waals surface area contributed by atoms with Gasteiger partial charge in [-0.1, -0.05) is 0 Å². The van der Waals surface area contributed by atoms with Crippen LogP contribution >= 0.6 is 0 Å². The SMILES string of the molecule is COCC(=O)N(C)C(C)C. The number of ether oxygens (including phenoxy) is 1. The minimum absolute atomic E-state index is 0.0255. The maximum Gasteiger partial charge on any atom is 0.248 e. The normalized spacial score (nSPS) is 10.1. The molecule has 0 saturated carbocycles. The molecule has 0 aliphatic heterocycles. The van der Waals surface area contributed by atoms with Crippen LogP contribution in [0.2, 0.25) is 0 Å². The number of nitrogens with zero attached hydrogens (tertiary/aromatic N) is 1. The molecule has 0 N–H and O–H groups in total. The van der Waals surface area contributed by atoms with E-state index in [2.05, 4.69) is 4.74 Å². The Bertz CT molecular complexity index is 112. The lowest BCUT2D eigenvalue weighted by molar-refractivity contribution is -0.135. The smallest absolute Gasteiger partial charge is 0.248 e. The lowest BCUT2D eigenvalue weighted by atomic mass is 10.3. The first kappa shape index (κ1) is 9.43. The van der Waals surface area contributed by atoms with Crippen LogP contribution in [0.25, 0.3) is 0 Å². The van der Waals surface area contributed by atoms with Crippen LogP contribution in [0.15, 0.2) is 0 Å². The molecule has 10 heavy (non-hydrogen) atoms. The Morgan fingerprint density at radius 2 is 2.10 bits per heavy atom. The van der Waals surface area contributed by atoms with Crippen LogP contribution in [0.1, 0.15) is 13.8 Å². The first-order valence-electron chi connectivity index (χ1n) is 3.34. The van der Waals surface area contributed by atoms with E-state index in [0.717, 1.165) is 0 Å². The molecule has 0 aromatic heterocycles. The molecule has 0 spiro atoms. The van der Waals surface area contributed by atoms with Crippen molar-refractivity contribution in [1.29, 1.82) is 0 Å². The van der Waals surface area contributed by atoms with Gasteiger partial charge < -0.3 is 9.64 Å². The molecule has 0 aliphatic rings. The number of methoxy groups -OCH3 is 1. The van der Waals surface area contributed by atoms with Gasteiger partial charge in [0.25, 0.3) is 0 Å². The van der Waals surface area contributed by atoms with Gasteiger partial charge in [-0.25, -0.2) is 0 Å². The van der Waals surface area contributed by atoms with Crippen molar-refractivity contribution in [2.45, 2.75) is 19.9 Å². The van der Waals surface area contributed by atoms with Crippen LogP contribution in [0.4, 0.5) is 0 Å². The van der Waals surface area contributed by atoms with Gasteiger partial charge in [0, 0.05) is 20.2 Å². The van der Waals surface area contributed by atoms with Gasteiger partial charge in [0.1, 0.15) is 6.61 Å². The third kappa shape index (κ3) is 2.82. The molecule has 0 aliphatic carbocycles. The Hall–Kier alpha value is -0.570. The van der Waals surface area contributed by atoms with Crippen LogP contribution in [0.5, 0.6) is 0 Å². The molecule has 0 atom stereocenters. The summed E-state index contributed by atoms with van der Waals surface area (Å²) in [6, 6.07) is 0.252. The summed E-state index contributed by atoms with van der Waals surface area (Å²) >= 11 is 0. The Balaban J connectivity index is 3.71. The number of hydrogen-bond donors (Lipinski definition) is 0. The number of likely N-dealkylation sites (N-methyl/N-ethyl adjacent to an activating group) is 1. The third-order valence-corrected chi connectivity index (χ3v) is 1.44. The summed E-state index contributed by atoms with van der Waals surface area (Å²) in [5.41, 5.74) is 0. The van der Waals surface area contributed by atoms with Crippen LogP contribution in [-0.2, 0) is 9.53 Å². The fourth-order valence-electron chi connectivity index (χ4n) is 0.513. The number of rotatable bonds is 3. The average molecular weight is 145 g/mol. The van der Waals surface area contributed by atoms with Gasteiger partial charge in [-0.15, -0.1) is 0 Å². The topological polar surface area (TPSA) is 29.5 Å². The highest BCUT2D eigenvalue weighted by molar-refractivity contribution is 5.77. The molecular weight excluding hydrogens is 130 g/mol. The summed E-state index contributed by atoms with van der Waals surface area (Å²) in [7, 11) is 3.29. The van der Waals surface area contributed by atoms with Crippen LogP contribution in [0, 0.1) is 0 Å². The summed E-state index contributed by atoms with van der Waals surface area (Å²) in [5, 5.41) is 0. The summed E-state index contributed by atoms with van der Waals surface area (Å²) in [4.78, 5) is 12.6. The van der Waals surface area contributed by atoms with Gasteiger partial charge in [-0.2, -0.15) is 0 Å². The molecule has 0 bridgehead atoms. The van der Waals surface area contributed by atoms with E-state index < -0.39 is 0 Å². The van der Waals surface area contributed by atoms with Crippen molar-refractivity contribution in [2.24, 2.45) is 0 Å². The largest absolute Gasteiger partial charge is 0.375 e. The maximum atomic E-state index is 11.0. The van der Waals surface area contributed by atoms with E-state index in [1.165, 1.54) is 7.11 Å². The Kier molecular flexibility index (Phi) is 4.03. The van der Waals surface area contributed by atoms with Crippen molar-refractivity contribution in [3.8, 4) is 0 Å². The highest BCUT2D eigenvalue weighted by atomic mass is 16.5. The molecule has 0 unspecified atom stereocenters. The van der Waals surface area contributed by atoms with E-state index in [1.54, 1.807) is 11.9 Å². The van der Waals surface area contributed by atoms with Crippen molar-refractivity contribution in [3.63, 3.8) is 0 Å². The lowest BCUT2D eigenvalue weighted by Crippen LogP contribution is -2.35. The highest BCUT2D eigenvalue weighted by Gasteiger charge is 2.09. The second-order valence-electron chi connectivity index (χ2n) is 2.53. The fraction of sp³-hybridized carbons (Fsp3) is 0.857. The van der Waals surface area contributed by atoms with E-state index in [9.17, 15) is 4.79 Å². The second kappa shape index (κ2) is 4.28. The lowest BCUT2D eigenvalue weighted by Gasteiger charge is -2.20. The minimum Gasteiger partial charge on any atom is -0.375 e. The third-order valence-electron chi connectivity index (χ3n) is 1.44. The minimum atomic E-state index is 0.0255. The van der Waals surface area contributed by atoms with Crippen molar-refractivity contribution in [2.75, 3.05) is 20.8 Å². The van der Waals surface area contributed by atoms with Crippen molar-refractivity contribution >= 4 is 5.91 Å². The zero-order valence-electron chi connectivity index (χ0n) is 7.05. The molecule has 0 saturated heterocycles. The van der Waals surface area contributed by atoms with Crippen molar-refractivity contribution < 1.29 is 9.53 Å². The molecule has 0 radical (unpaired) electrons. The molecule has 0 heterocycles. The number of carbonyl (C=O) groups excluding carboxylic acids is 1. The Morgan fingerprint density at radius 1 is 1.60 bits per heavy atom. The first-order valence-corrected chi connectivity index (χ1v) is 3.34. The van der Waals surface area contributed by atoms with Crippen LogP contribution in [-0.4, -0.2) is 37.6 Å². The van der Waals surface area contributed by atoms with Gasteiger partial charge in [0.15, 0.2) is 0 Å². The van der Waals surface area contributed by atoms with Crippen molar-refractivity contribution in [1.82, 2.24) is 4.90 Å². The molecule has 60 valence electrons. The van der Waals surface area contributed by atoms with Crippen LogP contribution < -0.4 is 0 Å². The molecule has 0 fully saturated rings. The molecule has 1 amide bonds. The van der Waals surface area contributed by atoms with Gasteiger partial charge >= 0.3 is 0 Å². The second-order valence-corrected chi connectivity index (χ2v) is 2.53. The Labute approximate surface area is 62.0 Å². The van der Waals surface area contributed by atoms with E-state index in [0.29, 0.717) is 0 Å². The molecule has 0 aromatic rings. The fourth-order valence-corrected chi connectivity index (χ4v) is 0.513. The van der Waals surface area contributed by atoms with Gasteiger partial charge in [0.2, 0.25) is 5.91 Å². The van der Waals surface area contributed by atoms with E-state index in [4.69, 9.17) is 0 Å². The maximum absolute atomic E-state index is 11.0. The first-order chi connectivity index (χ1) is 4.59. The monoisotopic (exact) mass is 145 g/mol. The summed E-state index contributed by atoms with van der Waals surface area (Å²) in [6.45, 7) is 4.11. The van der Waals surface area contributed by atoms with Gasteiger partial charge in [-0.3, -0.25) is 4.79 Å². The zero-order valence-corrected chi connectivity index (χ0v) is 7.05. The molecular formula is C7H15NO2. The standard InChI is InChI=1S/C7H15NO2/c1-6(2)8(3)7(9)5-10-4/h6H,5H2,1-4H3. The predicted octanol–water partition coefficient (Wildman–Crippen LogP) is 0.500. The summed E-state index contributed by atoms with van der Waals surface area (Å²) < 4.78 is 4.68. The van der Waals surface area contributed by atoms with Gasteiger partial charge in [0.05, 0.1) is 0 Å². The molecule has 0 rings (SSSR count). The quantitative estimate of drug-likeness (QED) is 0.578. The van der Waals surface area contributed by atoms with Crippen LogP contribution in [0.3, 0.4) is 0 Å². The summed E-state index contributed by atoms with van der Waals surface area (Å²) in [5.74, 6) is 0.0255. The van der Waals surface area contributed by atoms with E-state index in [-0.39, 0.29) is 18.6 Å². The molecule has 3 nitrogen and oxygen atoms in total. The van der Waals surface area contributed by atoms with E-state index in [1.807, 2.05) is 13.8 Å². The number of amides is 1. The Morgan fingerprint density at radius 3 is 2.40 bits per heavy atom. The molecule has 3 heteroatoms. The number of carbonyl (C=O) groups is 1. The van der Waals surface area contributed by atoms with E-state index >= 15 is 0 Å². The highest BCUT2D eigenvalue weighted by Crippen LogP contribution is 1.93. The van der Waals surface area contributed by atoms with Gasteiger partial charge in [-0.05, 0) is 13.8 Å². The predicted molar refractivity (Wildman–Crippen MR) is 39.8 cm³/mol.